The number of aryl methyl sites for hydroxylation is 1. The Labute approximate surface area is 155 Å². The lowest BCUT2D eigenvalue weighted by Gasteiger charge is -2.13. The van der Waals surface area contributed by atoms with Crippen molar-refractivity contribution in [2.75, 3.05) is 7.05 Å². The third-order valence-electron chi connectivity index (χ3n) is 3.67. The molecule has 0 spiro atoms. The van der Waals surface area contributed by atoms with Gasteiger partial charge in [-0.3, -0.25) is 10.1 Å². The van der Waals surface area contributed by atoms with Gasteiger partial charge < -0.3 is 10.1 Å². The molecule has 3 amide bonds. The fourth-order valence-electron chi connectivity index (χ4n) is 2.17. The van der Waals surface area contributed by atoms with Gasteiger partial charge in [0.2, 0.25) is 0 Å². The average Bonchev–Trinajstić information content (AvgIpc) is 2.88. The van der Waals surface area contributed by atoms with Crippen molar-refractivity contribution in [1.29, 1.82) is 0 Å². The lowest BCUT2D eigenvalue weighted by atomic mass is 10.2. The molecule has 0 saturated heterocycles. The Morgan fingerprint density at radius 3 is 2.31 bits per heavy atom. The molecule has 8 nitrogen and oxygen atoms in total. The van der Waals surface area contributed by atoms with Crippen molar-refractivity contribution in [3.8, 4) is 5.69 Å². The highest BCUT2D eigenvalue weighted by Crippen LogP contribution is 2.22. The van der Waals surface area contributed by atoms with Gasteiger partial charge in [0.05, 0.1) is 27.7 Å². The standard InChI is InChI=1S/C17H19ClN4O4/c1-9-14(18)10(2)22(21-9)13-7-5-12(6-8-13)16(24)26-11(3)15(23)20-17(25)19-4/h5-8,11H,1-4H3,(H2,19,20,23,25)/t11-/m0/s1. The van der Waals surface area contributed by atoms with Gasteiger partial charge in [-0.2, -0.15) is 5.10 Å². The van der Waals surface area contributed by atoms with E-state index in [2.05, 4.69) is 10.4 Å². The Hall–Kier alpha value is -2.87. The number of carbonyl (C=O) groups excluding carboxylic acids is 3. The quantitative estimate of drug-likeness (QED) is 0.793. The van der Waals surface area contributed by atoms with Crippen LogP contribution in [-0.2, 0) is 9.53 Å². The molecule has 0 radical (unpaired) electrons. The summed E-state index contributed by atoms with van der Waals surface area (Å²) in [5, 5.41) is 9.21. The summed E-state index contributed by atoms with van der Waals surface area (Å²) >= 11 is 6.14. The third kappa shape index (κ3) is 4.20. The Morgan fingerprint density at radius 1 is 1.19 bits per heavy atom. The molecule has 1 heterocycles. The van der Waals surface area contributed by atoms with Gasteiger partial charge in [-0.25, -0.2) is 14.3 Å². The first kappa shape index (κ1) is 19.5. The maximum Gasteiger partial charge on any atom is 0.338 e. The second-order valence-corrected chi connectivity index (χ2v) is 5.94. The first-order valence-corrected chi connectivity index (χ1v) is 8.18. The van der Waals surface area contributed by atoms with Crippen LogP contribution < -0.4 is 10.6 Å². The number of esters is 1. The number of nitrogens with zero attached hydrogens (tertiary/aromatic N) is 2. The second-order valence-electron chi connectivity index (χ2n) is 5.56. The first-order valence-electron chi connectivity index (χ1n) is 7.80. The maximum absolute atomic E-state index is 12.1. The molecule has 1 aromatic carbocycles. The van der Waals surface area contributed by atoms with E-state index in [4.69, 9.17) is 16.3 Å². The molecular formula is C17H19ClN4O4. The van der Waals surface area contributed by atoms with E-state index < -0.39 is 24.0 Å². The summed E-state index contributed by atoms with van der Waals surface area (Å²) in [7, 11) is 1.37. The van der Waals surface area contributed by atoms with Crippen LogP contribution in [0.15, 0.2) is 24.3 Å². The fourth-order valence-corrected chi connectivity index (χ4v) is 2.29. The largest absolute Gasteiger partial charge is 0.449 e. The minimum atomic E-state index is -1.12. The zero-order chi connectivity index (χ0) is 19.4. The van der Waals surface area contributed by atoms with Gasteiger partial charge in [0.25, 0.3) is 5.91 Å². The summed E-state index contributed by atoms with van der Waals surface area (Å²) in [5.74, 6) is -1.39. The molecule has 0 bridgehead atoms. The molecule has 2 aromatic rings. The number of imide groups is 1. The lowest BCUT2D eigenvalue weighted by molar-refractivity contribution is -0.127. The minimum absolute atomic E-state index is 0.265. The molecule has 9 heteroatoms. The molecule has 0 aliphatic carbocycles. The van der Waals surface area contributed by atoms with Gasteiger partial charge >= 0.3 is 12.0 Å². The Morgan fingerprint density at radius 2 is 1.81 bits per heavy atom. The summed E-state index contributed by atoms with van der Waals surface area (Å²) in [6.45, 7) is 5.03. The van der Waals surface area contributed by atoms with Gasteiger partial charge in [0, 0.05) is 7.05 Å². The Balaban J connectivity index is 2.08. The summed E-state index contributed by atoms with van der Waals surface area (Å²) in [6, 6.07) is 5.84. The van der Waals surface area contributed by atoms with Crippen LogP contribution in [0.3, 0.4) is 0 Å². The zero-order valence-electron chi connectivity index (χ0n) is 14.8. The van der Waals surface area contributed by atoms with E-state index in [9.17, 15) is 14.4 Å². The minimum Gasteiger partial charge on any atom is -0.449 e. The van der Waals surface area contributed by atoms with E-state index in [1.165, 1.54) is 14.0 Å². The van der Waals surface area contributed by atoms with E-state index in [0.717, 1.165) is 11.4 Å². The Kier molecular flexibility index (Phi) is 5.99. The summed E-state index contributed by atoms with van der Waals surface area (Å²) in [6.07, 6.45) is -1.12. The van der Waals surface area contributed by atoms with Crippen molar-refractivity contribution in [1.82, 2.24) is 20.4 Å². The zero-order valence-corrected chi connectivity index (χ0v) is 15.5. The molecule has 0 saturated carbocycles. The van der Waals surface area contributed by atoms with E-state index in [-0.39, 0.29) is 5.56 Å². The highest BCUT2D eigenvalue weighted by Gasteiger charge is 2.20. The molecule has 0 unspecified atom stereocenters. The number of aromatic nitrogens is 2. The molecule has 2 N–H and O–H groups in total. The first-order chi connectivity index (χ1) is 12.2. The van der Waals surface area contributed by atoms with E-state index in [1.54, 1.807) is 28.9 Å². The SMILES string of the molecule is CNC(=O)NC(=O)[C@H](C)OC(=O)c1ccc(-n2nc(C)c(Cl)c2C)cc1. The molecule has 1 aromatic heterocycles. The number of hydrogen-bond acceptors (Lipinski definition) is 5. The van der Waals surface area contributed by atoms with Crippen LogP contribution in [0, 0.1) is 13.8 Å². The molecule has 0 aliphatic rings. The van der Waals surface area contributed by atoms with Crippen molar-refractivity contribution in [3.63, 3.8) is 0 Å². The fraction of sp³-hybridized carbons (Fsp3) is 0.294. The average molecular weight is 379 g/mol. The van der Waals surface area contributed by atoms with E-state index >= 15 is 0 Å². The predicted molar refractivity (Wildman–Crippen MR) is 95.5 cm³/mol. The lowest BCUT2D eigenvalue weighted by Crippen LogP contribution is -2.43. The van der Waals surface area contributed by atoms with Gasteiger partial charge in [-0.15, -0.1) is 0 Å². The second kappa shape index (κ2) is 8.01. The van der Waals surface area contributed by atoms with Crippen molar-refractivity contribution in [2.24, 2.45) is 0 Å². The van der Waals surface area contributed by atoms with Gasteiger partial charge in [-0.05, 0) is 45.0 Å². The summed E-state index contributed by atoms with van der Waals surface area (Å²) < 4.78 is 6.73. The van der Waals surface area contributed by atoms with Crippen LogP contribution >= 0.6 is 11.6 Å². The van der Waals surface area contributed by atoms with Crippen LogP contribution in [0.1, 0.15) is 28.7 Å². The monoisotopic (exact) mass is 378 g/mol. The smallest absolute Gasteiger partial charge is 0.338 e. The van der Waals surface area contributed by atoms with Crippen LogP contribution in [0.25, 0.3) is 5.69 Å². The molecule has 0 fully saturated rings. The number of carbonyl (C=O) groups is 3. The molecule has 138 valence electrons. The number of amides is 3. The summed E-state index contributed by atoms with van der Waals surface area (Å²) in [5.41, 5.74) is 2.50. The van der Waals surface area contributed by atoms with Crippen molar-refractivity contribution < 1.29 is 19.1 Å². The van der Waals surface area contributed by atoms with E-state index in [0.29, 0.717) is 10.7 Å². The van der Waals surface area contributed by atoms with Crippen LogP contribution in [0.5, 0.6) is 0 Å². The molecular weight excluding hydrogens is 360 g/mol. The normalized spacial score (nSPS) is 11.6. The molecule has 1 atom stereocenters. The highest BCUT2D eigenvalue weighted by atomic mass is 35.5. The van der Waals surface area contributed by atoms with Crippen LogP contribution in [0.2, 0.25) is 5.02 Å². The van der Waals surface area contributed by atoms with Crippen molar-refractivity contribution in [3.05, 3.63) is 46.2 Å². The topological polar surface area (TPSA) is 102 Å². The van der Waals surface area contributed by atoms with Crippen LogP contribution in [0.4, 0.5) is 4.79 Å². The number of ether oxygens (including phenoxy) is 1. The number of hydrogen-bond donors (Lipinski definition) is 2. The highest BCUT2D eigenvalue weighted by molar-refractivity contribution is 6.31. The van der Waals surface area contributed by atoms with Gasteiger partial charge in [0.1, 0.15) is 0 Å². The third-order valence-corrected chi connectivity index (χ3v) is 4.21. The van der Waals surface area contributed by atoms with Gasteiger partial charge in [-0.1, -0.05) is 11.6 Å². The number of benzene rings is 1. The molecule has 2 rings (SSSR count). The molecule has 26 heavy (non-hydrogen) atoms. The van der Waals surface area contributed by atoms with Crippen LogP contribution in [-0.4, -0.2) is 40.8 Å². The molecule has 0 aliphatic heterocycles. The predicted octanol–water partition coefficient (Wildman–Crippen LogP) is 2.14. The maximum atomic E-state index is 12.1. The Bertz CT molecular complexity index is 845. The summed E-state index contributed by atoms with van der Waals surface area (Å²) in [4.78, 5) is 35.0. The van der Waals surface area contributed by atoms with Crippen molar-refractivity contribution in [2.45, 2.75) is 26.9 Å². The number of rotatable bonds is 4. The van der Waals surface area contributed by atoms with Crippen molar-refractivity contribution >= 4 is 29.5 Å². The van der Waals surface area contributed by atoms with Gasteiger partial charge in [0.15, 0.2) is 6.10 Å². The number of urea groups is 1. The van der Waals surface area contributed by atoms with E-state index in [1.807, 2.05) is 19.2 Å². The number of halogens is 1. The number of nitrogens with one attached hydrogen (secondary N) is 2.